The molecule has 2 fully saturated rings. The number of nitrogens with zero attached hydrogens (tertiary/aromatic N) is 1. The van der Waals surface area contributed by atoms with Crippen LogP contribution in [0.25, 0.3) is 0 Å². The summed E-state index contributed by atoms with van der Waals surface area (Å²) in [5, 5.41) is 0. The molecular formula is C16H23N. The lowest BCUT2D eigenvalue weighted by atomic mass is 9.89. The fourth-order valence-corrected chi connectivity index (χ4v) is 3.65. The number of anilines is 1. The van der Waals surface area contributed by atoms with Gasteiger partial charge in [0.05, 0.1) is 0 Å². The number of rotatable bonds is 3. The predicted octanol–water partition coefficient (Wildman–Crippen LogP) is 4.09. The largest absolute Gasteiger partial charge is 0.371 e. The molecule has 0 radical (unpaired) electrons. The molecule has 17 heavy (non-hydrogen) atoms. The molecule has 0 aromatic heterocycles. The highest BCUT2D eigenvalue weighted by atomic mass is 15.1. The molecule has 1 saturated carbocycles. The van der Waals surface area contributed by atoms with Crippen molar-refractivity contribution in [2.45, 2.75) is 39.0 Å². The summed E-state index contributed by atoms with van der Waals surface area (Å²) < 4.78 is 0. The summed E-state index contributed by atoms with van der Waals surface area (Å²) in [5.41, 5.74) is 2.18. The monoisotopic (exact) mass is 229 g/mol. The highest BCUT2D eigenvalue weighted by Gasteiger charge is 2.53. The molecule has 1 spiro atoms. The Morgan fingerprint density at radius 2 is 1.88 bits per heavy atom. The minimum absolute atomic E-state index is 0.765. The van der Waals surface area contributed by atoms with Crippen LogP contribution in [0.15, 0.2) is 30.3 Å². The van der Waals surface area contributed by atoms with Crippen LogP contribution >= 0.6 is 0 Å². The molecule has 1 aromatic carbocycles. The van der Waals surface area contributed by atoms with Crippen LogP contribution in [0.2, 0.25) is 0 Å². The molecule has 1 heteroatoms. The summed E-state index contributed by atoms with van der Waals surface area (Å²) in [6.07, 6.45) is 7.20. The standard InChI is InChI=1S/C16H23N/c1-2-6-14-13-16(14)9-11-17(12-10-16)15-7-4-3-5-8-15/h3-5,7-8,14H,2,6,9-13H2,1H3. The van der Waals surface area contributed by atoms with Crippen LogP contribution in [-0.4, -0.2) is 13.1 Å². The van der Waals surface area contributed by atoms with Crippen LogP contribution in [0.3, 0.4) is 0 Å². The predicted molar refractivity (Wildman–Crippen MR) is 73.3 cm³/mol. The summed E-state index contributed by atoms with van der Waals surface area (Å²) in [6.45, 7) is 4.86. The minimum Gasteiger partial charge on any atom is -0.371 e. The smallest absolute Gasteiger partial charge is 0.0366 e. The lowest BCUT2D eigenvalue weighted by Crippen LogP contribution is -2.35. The van der Waals surface area contributed by atoms with Gasteiger partial charge in [-0.3, -0.25) is 0 Å². The van der Waals surface area contributed by atoms with E-state index in [1.807, 2.05) is 0 Å². The molecule has 1 saturated heterocycles. The molecule has 1 atom stereocenters. The molecule has 3 rings (SSSR count). The van der Waals surface area contributed by atoms with Crippen molar-refractivity contribution in [2.75, 3.05) is 18.0 Å². The van der Waals surface area contributed by atoms with E-state index in [9.17, 15) is 0 Å². The molecule has 1 heterocycles. The van der Waals surface area contributed by atoms with Gasteiger partial charge in [-0.1, -0.05) is 38.0 Å². The summed E-state index contributed by atoms with van der Waals surface area (Å²) in [4.78, 5) is 2.56. The average molecular weight is 229 g/mol. The molecule has 1 unspecified atom stereocenters. The quantitative estimate of drug-likeness (QED) is 0.754. The number of hydrogen-bond donors (Lipinski definition) is 0. The lowest BCUT2D eigenvalue weighted by molar-refractivity contribution is 0.341. The maximum Gasteiger partial charge on any atom is 0.0366 e. The van der Waals surface area contributed by atoms with Gasteiger partial charge in [0.15, 0.2) is 0 Å². The van der Waals surface area contributed by atoms with E-state index in [1.165, 1.54) is 50.9 Å². The third-order valence-electron chi connectivity index (χ3n) is 4.88. The minimum atomic E-state index is 0.765. The van der Waals surface area contributed by atoms with Crippen LogP contribution in [0, 0.1) is 11.3 Å². The molecule has 1 nitrogen and oxygen atoms in total. The second-order valence-corrected chi connectivity index (χ2v) is 5.87. The highest BCUT2D eigenvalue weighted by Crippen LogP contribution is 2.61. The molecule has 0 bridgehead atoms. The van der Waals surface area contributed by atoms with E-state index in [0.29, 0.717) is 0 Å². The zero-order chi connectivity index (χ0) is 11.7. The summed E-state index contributed by atoms with van der Waals surface area (Å²) in [7, 11) is 0. The van der Waals surface area contributed by atoms with E-state index in [0.717, 1.165) is 11.3 Å². The maximum atomic E-state index is 2.56. The zero-order valence-corrected chi connectivity index (χ0v) is 10.9. The third kappa shape index (κ3) is 2.08. The SMILES string of the molecule is CCCC1CC12CCN(c1ccccc1)CC2. The van der Waals surface area contributed by atoms with Crippen molar-refractivity contribution in [2.24, 2.45) is 11.3 Å². The summed E-state index contributed by atoms with van der Waals surface area (Å²) in [6, 6.07) is 10.9. The van der Waals surface area contributed by atoms with E-state index in [-0.39, 0.29) is 0 Å². The van der Waals surface area contributed by atoms with Gasteiger partial charge in [0.1, 0.15) is 0 Å². The van der Waals surface area contributed by atoms with Gasteiger partial charge in [-0.05, 0) is 42.7 Å². The molecular weight excluding hydrogens is 206 g/mol. The van der Waals surface area contributed by atoms with Crippen molar-refractivity contribution in [3.8, 4) is 0 Å². The second-order valence-electron chi connectivity index (χ2n) is 5.87. The molecule has 0 N–H and O–H groups in total. The van der Waals surface area contributed by atoms with Gasteiger partial charge < -0.3 is 4.90 Å². The van der Waals surface area contributed by atoms with Crippen molar-refractivity contribution < 1.29 is 0 Å². The number of hydrogen-bond acceptors (Lipinski definition) is 1. The second kappa shape index (κ2) is 4.36. The Morgan fingerprint density at radius 1 is 1.18 bits per heavy atom. The summed E-state index contributed by atoms with van der Waals surface area (Å²) in [5.74, 6) is 1.06. The Bertz CT molecular complexity index is 362. The fraction of sp³-hybridized carbons (Fsp3) is 0.625. The molecule has 2 aliphatic rings. The van der Waals surface area contributed by atoms with E-state index in [2.05, 4.69) is 42.2 Å². The zero-order valence-electron chi connectivity index (χ0n) is 10.9. The van der Waals surface area contributed by atoms with Gasteiger partial charge in [-0.25, -0.2) is 0 Å². The van der Waals surface area contributed by atoms with Crippen LogP contribution in [0.1, 0.15) is 39.0 Å². The van der Waals surface area contributed by atoms with Crippen LogP contribution in [0.4, 0.5) is 5.69 Å². The lowest BCUT2D eigenvalue weighted by Gasteiger charge is -2.34. The first kappa shape index (κ1) is 11.1. The van der Waals surface area contributed by atoms with Crippen molar-refractivity contribution >= 4 is 5.69 Å². The Labute approximate surface area is 105 Å². The van der Waals surface area contributed by atoms with Crippen molar-refractivity contribution in [3.63, 3.8) is 0 Å². The Balaban J connectivity index is 1.59. The Kier molecular flexibility index (Phi) is 2.85. The van der Waals surface area contributed by atoms with Gasteiger partial charge in [0, 0.05) is 18.8 Å². The molecule has 0 amide bonds. The van der Waals surface area contributed by atoms with Gasteiger partial charge in [-0.2, -0.15) is 0 Å². The van der Waals surface area contributed by atoms with Gasteiger partial charge in [0.2, 0.25) is 0 Å². The van der Waals surface area contributed by atoms with E-state index < -0.39 is 0 Å². The normalized spacial score (nSPS) is 26.2. The van der Waals surface area contributed by atoms with Gasteiger partial charge >= 0.3 is 0 Å². The van der Waals surface area contributed by atoms with Gasteiger partial charge in [0.25, 0.3) is 0 Å². The molecule has 1 aliphatic carbocycles. The van der Waals surface area contributed by atoms with Crippen molar-refractivity contribution in [3.05, 3.63) is 30.3 Å². The first-order chi connectivity index (χ1) is 8.34. The van der Waals surface area contributed by atoms with Gasteiger partial charge in [-0.15, -0.1) is 0 Å². The molecule has 1 aliphatic heterocycles. The van der Waals surface area contributed by atoms with E-state index in [1.54, 1.807) is 0 Å². The van der Waals surface area contributed by atoms with E-state index >= 15 is 0 Å². The molecule has 92 valence electrons. The Morgan fingerprint density at radius 3 is 2.53 bits per heavy atom. The molecule has 1 aromatic rings. The number of benzene rings is 1. The van der Waals surface area contributed by atoms with E-state index in [4.69, 9.17) is 0 Å². The Hall–Kier alpha value is -0.980. The third-order valence-corrected chi connectivity index (χ3v) is 4.88. The van der Waals surface area contributed by atoms with Crippen molar-refractivity contribution in [1.29, 1.82) is 0 Å². The number of para-hydroxylation sites is 1. The van der Waals surface area contributed by atoms with Crippen LogP contribution in [0.5, 0.6) is 0 Å². The van der Waals surface area contributed by atoms with Crippen LogP contribution < -0.4 is 4.90 Å². The number of piperidine rings is 1. The first-order valence-corrected chi connectivity index (χ1v) is 7.14. The maximum absolute atomic E-state index is 2.56. The topological polar surface area (TPSA) is 3.24 Å². The highest BCUT2D eigenvalue weighted by molar-refractivity contribution is 5.46. The van der Waals surface area contributed by atoms with Crippen LogP contribution in [-0.2, 0) is 0 Å². The first-order valence-electron chi connectivity index (χ1n) is 7.14. The fourth-order valence-electron chi connectivity index (χ4n) is 3.65. The summed E-state index contributed by atoms with van der Waals surface area (Å²) >= 11 is 0. The van der Waals surface area contributed by atoms with Crippen molar-refractivity contribution in [1.82, 2.24) is 0 Å². The average Bonchev–Trinajstić information content (AvgIpc) is 3.04.